The number of guanidine groups is 1. The van der Waals surface area contributed by atoms with Crippen molar-refractivity contribution in [3.63, 3.8) is 0 Å². The Labute approximate surface area is 207 Å². The van der Waals surface area contributed by atoms with Crippen LogP contribution in [0.1, 0.15) is 34.0 Å². The van der Waals surface area contributed by atoms with Crippen LogP contribution >= 0.6 is 0 Å². The van der Waals surface area contributed by atoms with E-state index in [1.165, 1.54) is 17.0 Å². The number of aliphatic imine (C=N–C) groups is 1. The van der Waals surface area contributed by atoms with Crippen LogP contribution in [0.4, 0.5) is 4.39 Å². The molecule has 0 saturated heterocycles. The minimum Gasteiger partial charge on any atom is -0.485 e. The lowest BCUT2D eigenvalue weighted by molar-refractivity contribution is -0.132. The fraction of sp³-hybridized carbons (Fsp3) is 0.222. The van der Waals surface area contributed by atoms with Gasteiger partial charge in [0.2, 0.25) is 0 Å². The quantitative estimate of drug-likeness (QED) is 0.511. The van der Waals surface area contributed by atoms with Gasteiger partial charge in [0, 0.05) is 25.6 Å². The summed E-state index contributed by atoms with van der Waals surface area (Å²) in [6.45, 7) is -0.241. The molecular weight excluding hydrogens is 463 g/mol. The molecule has 184 valence electrons. The summed E-state index contributed by atoms with van der Waals surface area (Å²) in [6.07, 6.45) is -0.153. The Morgan fingerprint density at radius 1 is 1.19 bits per heavy atom. The van der Waals surface area contributed by atoms with Crippen LogP contribution in [0.3, 0.4) is 0 Å². The molecule has 2 aliphatic heterocycles. The summed E-state index contributed by atoms with van der Waals surface area (Å²) in [7, 11) is 1.59. The molecule has 1 spiro atoms. The highest BCUT2D eigenvalue weighted by atomic mass is 19.1. The van der Waals surface area contributed by atoms with Crippen LogP contribution in [0, 0.1) is 5.82 Å². The van der Waals surface area contributed by atoms with Gasteiger partial charge >= 0.3 is 0 Å². The molecule has 2 aliphatic rings. The molecular formula is C27H25FN4O4. The highest BCUT2D eigenvalue weighted by Gasteiger charge is 2.53. The highest BCUT2D eigenvalue weighted by molar-refractivity contribution is 6.07. The topological polar surface area (TPSA) is 117 Å². The first-order chi connectivity index (χ1) is 17.3. The van der Waals surface area contributed by atoms with Crippen molar-refractivity contribution in [1.82, 2.24) is 10.2 Å². The number of rotatable bonds is 5. The van der Waals surface area contributed by atoms with Gasteiger partial charge < -0.3 is 20.9 Å². The normalized spacial score (nSPS) is 20.6. The third-order valence-corrected chi connectivity index (χ3v) is 6.60. The number of hydrogen-bond donors (Lipinski definition) is 3. The number of ether oxygens (including phenoxy) is 1. The van der Waals surface area contributed by atoms with Gasteiger partial charge in [0.1, 0.15) is 17.7 Å². The standard InChI is InChI=1S/C27H25FN4O4/c1-32-25(35)27(31-26(32)29)15-23(16-5-3-2-4-6-16)36-22-10-8-18(14-20(22)27)17-7-9-21(28)19(13-17)24(34)30-11-12-33/h2-10,13-14,23,33H,11-12,15H2,1H3,(H2,29,31)(H,30,34). The van der Waals surface area contributed by atoms with E-state index < -0.39 is 23.4 Å². The first kappa shape index (κ1) is 23.5. The summed E-state index contributed by atoms with van der Waals surface area (Å²) < 4.78 is 20.7. The molecule has 0 bridgehead atoms. The SMILES string of the molecule is CN1C(=O)C2(CC(c3ccccc3)Oc3ccc(-c4ccc(F)c(C(=O)NCCO)c4)cc32)N=C1N. The molecule has 2 atom stereocenters. The number of aliphatic hydroxyl groups excluding tert-OH is 1. The number of benzene rings is 3. The molecule has 9 heteroatoms. The van der Waals surface area contributed by atoms with Gasteiger partial charge in [-0.3, -0.25) is 14.5 Å². The number of carbonyl (C=O) groups is 2. The number of nitrogens with two attached hydrogens (primary N) is 1. The molecule has 2 amide bonds. The van der Waals surface area contributed by atoms with Crippen molar-refractivity contribution in [3.05, 3.63) is 89.2 Å². The number of aliphatic hydroxyl groups is 1. The Morgan fingerprint density at radius 2 is 1.92 bits per heavy atom. The van der Waals surface area contributed by atoms with E-state index in [9.17, 15) is 14.0 Å². The molecule has 0 aliphatic carbocycles. The van der Waals surface area contributed by atoms with Crippen LogP contribution in [0.25, 0.3) is 11.1 Å². The van der Waals surface area contributed by atoms with Crippen molar-refractivity contribution in [2.75, 3.05) is 20.2 Å². The molecule has 4 N–H and O–H groups in total. The zero-order chi connectivity index (χ0) is 25.4. The maximum atomic E-state index is 14.4. The lowest BCUT2D eigenvalue weighted by atomic mass is 9.79. The maximum absolute atomic E-state index is 14.4. The van der Waals surface area contributed by atoms with E-state index in [0.717, 1.165) is 5.56 Å². The molecule has 0 radical (unpaired) electrons. The minimum atomic E-state index is -1.27. The number of nitrogens with one attached hydrogen (secondary N) is 1. The lowest BCUT2D eigenvalue weighted by Crippen LogP contribution is -2.43. The Morgan fingerprint density at radius 3 is 2.61 bits per heavy atom. The van der Waals surface area contributed by atoms with Crippen molar-refractivity contribution in [2.45, 2.75) is 18.1 Å². The summed E-state index contributed by atoms with van der Waals surface area (Å²) in [5, 5.41) is 11.4. The molecule has 0 saturated carbocycles. The first-order valence-electron chi connectivity index (χ1n) is 11.5. The van der Waals surface area contributed by atoms with Crippen molar-refractivity contribution >= 4 is 17.8 Å². The van der Waals surface area contributed by atoms with Crippen LogP contribution in [0.2, 0.25) is 0 Å². The number of likely N-dealkylation sites (N-methyl/N-ethyl adjacent to an activating group) is 1. The van der Waals surface area contributed by atoms with E-state index in [1.807, 2.05) is 30.3 Å². The van der Waals surface area contributed by atoms with E-state index in [4.69, 9.17) is 15.6 Å². The summed E-state index contributed by atoms with van der Waals surface area (Å²) in [5.74, 6) is -0.943. The molecule has 3 aromatic rings. The number of nitrogens with zero attached hydrogens (tertiary/aromatic N) is 2. The van der Waals surface area contributed by atoms with E-state index in [-0.39, 0.29) is 37.0 Å². The molecule has 0 aromatic heterocycles. The van der Waals surface area contributed by atoms with E-state index >= 15 is 0 Å². The van der Waals surface area contributed by atoms with Gasteiger partial charge in [0.25, 0.3) is 11.8 Å². The van der Waals surface area contributed by atoms with Gasteiger partial charge in [-0.2, -0.15) is 0 Å². The van der Waals surface area contributed by atoms with Crippen LogP contribution in [0.5, 0.6) is 5.75 Å². The van der Waals surface area contributed by atoms with Crippen LogP contribution in [-0.4, -0.2) is 48.0 Å². The van der Waals surface area contributed by atoms with Crippen LogP contribution < -0.4 is 15.8 Å². The molecule has 3 aromatic carbocycles. The second-order valence-electron chi connectivity index (χ2n) is 8.80. The number of hydrogen-bond acceptors (Lipinski definition) is 6. The van der Waals surface area contributed by atoms with Gasteiger partial charge in [0.05, 0.1) is 12.2 Å². The van der Waals surface area contributed by atoms with Gasteiger partial charge in [-0.15, -0.1) is 0 Å². The Kier molecular flexibility index (Phi) is 5.93. The summed E-state index contributed by atoms with van der Waals surface area (Å²) in [4.78, 5) is 31.9. The number of carbonyl (C=O) groups excluding carboxylic acids is 2. The second-order valence-corrected chi connectivity index (χ2v) is 8.80. The molecule has 2 unspecified atom stereocenters. The van der Waals surface area contributed by atoms with Crippen LogP contribution in [-0.2, 0) is 10.3 Å². The molecule has 5 rings (SSSR count). The lowest BCUT2D eigenvalue weighted by Gasteiger charge is -2.37. The molecule has 0 fully saturated rings. The van der Waals surface area contributed by atoms with Gasteiger partial charge in [-0.1, -0.05) is 42.5 Å². The van der Waals surface area contributed by atoms with Crippen molar-refractivity contribution < 1.29 is 23.8 Å². The third-order valence-electron chi connectivity index (χ3n) is 6.60. The van der Waals surface area contributed by atoms with E-state index in [2.05, 4.69) is 10.3 Å². The summed E-state index contributed by atoms with van der Waals surface area (Å²) in [5.41, 5.74) is 7.37. The number of halogens is 1. The smallest absolute Gasteiger partial charge is 0.261 e. The van der Waals surface area contributed by atoms with Crippen molar-refractivity contribution in [3.8, 4) is 16.9 Å². The number of fused-ring (bicyclic) bond motifs is 2. The number of amides is 2. The predicted molar refractivity (Wildman–Crippen MR) is 132 cm³/mol. The summed E-state index contributed by atoms with van der Waals surface area (Å²) in [6, 6.07) is 19.2. The predicted octanol–water partition coefficient (Wildman–Crippen LogP) is 2.72. The Hall–Kier alpha value is -4.24. The second kappa shape index (κ2) is 9.09. The zero-order valence-electron chi connectivity index (χ0n) is 19.6. The van der Waals surface area contributed by atoms with E-state index in [1.54, 1.807) is 31.3 Å². The van der Waals surface area contributed by atoms with Crippen LogP contribution in [0.15, 0.2) is 71.7 Å². The molecule has 8 nitrogen and oxygen atoms in total. The Bertz CT molecular complexity index is 1380. The maximum Gasteiger partial charge on any atom is 0.261 e. The van der Waals surface area contributed by atoms with E-state index in [0.29, 0.717) is 22.4 Å². The van der Waals surface area contributed by atoms with Crippen molar-refractivity contribution in [2.24, 2.45) is 10.7 Å². The average molecular weight is 489 g/mol. The largest absolute Gasteiger partial charge is 0.485 e. The molecule has 36 heavy (non-hydrogen) atoms. The molecule has 2 heterocycles. The van der Waals surface area contributed by atoms with Gasteiger partial charge in [-0.05, 0) is 41.0 Å². The fourth-order valence-electron chi connectivity index (χ4n) is 4.71. The summed E-state index contributed by atoms with van der Waals surface area (Å²) >= 11 is 0. The highest BCUT2D eigenvalue weighted by Crippen LogP contribution is 2.50. The average Bonchev–Trinajstić information content (AvgIpc) is 3.11. The van der Waals surface area contributed by atoms with Crippen molar-refractivity contribution in [1.29, 1.82) is 0 Å². The van der Waals surface area contributed by atoms with Gasteiger partial charge in [0.15, 0.2) is 11.5 Å². The third kappa shape index (κ3) is 3.87. The van der Waals surface area contributed by atoms with Gasteiger partial charge in [-0.25, -0.2) is 9.38 Å². The fourth-order valence-corrected chi connectivity index (χ4v) is 4.71. The Balaban J connectivity index is 1.60. The monoisotopic (exact) mass is 488 g/mol. The first-order valence-corrected chi connectivity index (χ1v) is 11.5. The minimum absolute atomic E-state index is 0.0127. The zero-order valence-corrected chi connectivity index (χ0v) is 19.6.